The van der Waals surface area contributed by atoms with E-state index in [9.17, 15) is 0 Å². The fraction of sp³-hybridized carbons (Fsp3) is 0.400. The molecule has 0 bridgehead atoms. The molecule has 3 aromatic rings. The molecule has 0 amide bonds. The van der Waals surface area contributed by atoms with Crippen LogP contribution in [0.2, 0.25) is 0 Å². The lowest BCUT2D eigenvalue weighted by atomic mass is 9.74. The number of ether oxygens (including phenoxy) is 1. The maximum absolute atomic E-state index is 5.75. The van der Waals surface area contributed by atoms with Crippen molar-refractivity contribution in [2.75, 3.05) is 20.2 Å². The first kappa shape index (κ1) is 24.1. The van der Waals surface area contributed by atoms with Gasteiger partial charge in [0.1, 0.15) is 5.75 Å². The highest BCUT2D eigenvalue weighted by atomic mass is 16.5. The van der Waals surface area contributed by atoms with Gasteiger partial charge < -0.3 is 10.1 Å². The Morgan fingerprint density at radius 1 is 0.656 bits per heavy atom. The smallest absolute Gasteiger partial charge is 0.119 e. The molecule has 0 atom stereocenters. The molecule has 0 aliphatic carbocycles. The van der Waals surface area contributed by atoms with E-state index in [0.717, 1.165) is 31.7 Å². The molecule has 3 aromatic carbocycles. The number of nitrogens with one attached hydrogen (secondary N) is 1. The quantitative estimate of drug-likeness (QED) is 0.379. The number of likely N-dealkylation sites (N-methyl/N-ethyl adjacent to an activating group) is 1. The van der Waals surface area contributed by atoms with Crippen molar-refractivity contribution >= 4 is 0 Å². The molecule has 0 heterocycles. The van der Waals surface area contributed by atoms with Crippen LogP contribution < -0.4 is 10.1 Å². The monoisotopic (exact) mass is 429 g/mol. The number of hydrogen-bond donors (Lipinski definition) is 1. The van der Waals surface area contributed by atoms with Crippen LogP contribution in [0.25, 0.3) is 0 Å². The van der Waals surface area contributed by atoms with Gasteiger partial charge in [-0.3, -0.25) is 0 Å². The van der Waals surface area contributed by atoms with E-state index >= 15 is 0 Å². The second-order valence-electron chi connectivity index (χ2n) is 9.75. The normalized spacial score (nSPS) is 12.1. The van der Waals surface area contributed by atoms with Gasteiger partial charge in [-0.25, -0.2) is 0 Å². The molecule has 1 N–H and O–H groups in total. The van der Waals surface area contributed by atoms with Crippen LogP contribution in [-0.4, -0.2) is 20.2 Å². The first-order valence-electron chi connectivity index (χ1n) is 11.9. The van der Waals surface area contributed by atoms with Crippen LogP contribution in [-0.2, 0) is 17.3 Å². The van der Waals surface area contributed by atoms with Crippen molar-refractivity contribution in [2.24, 2.45) is 0 Å². The molecule has 0 saturated heterocycles. The number of rotatable bonds is 10. The van der Waals surface area contributed by atoms with Gasteiger partial charge in [0.15, 0.2) is 0 Å². The third-order valence-electron chi connectivity index (χ3n) is 6.72. The van der Waals surface area contributed by atoms with E-state index in [0.29, 0.717) is 0 Å². The summed E-state index contributed by atoms with van der Waals surface area (Å²) in [6.07, 6.45) is 2.09. The van der Waals surface area contributed by atoms with Crippen molar-refractivity contribution in [1.29, 1.82) is 0 Å². The number of benzene rings is 3. The van der Waals surface area contributed by atoms with Gasteiger partial charge in [-0.2, -0.15) is 0 Å². The van der Waals surface area contributed by atoms with Crippen molar-refractivity contribution in [2.45, 2.75) is 58.3 Å². The summed E-state index contributed by atoms with van der Waals surface area (Å²) in [5.74, 6) is 0.945. The van der Waals surface area contributed by atoms with E-state index in [1.807, 2.05) is 7.05 Å². The molecule has 2 heteroatoms. The lowest BCUT2D eigenvalue weighted by molar-refractivity contribution is 0.317. The molecule has 0 unspecified atom stereocenters. The molecule has 0 fully saturated rings. The van der Waals surface area contributed by atoms with Crippen LogP contribution in [0, 0.1) is 0 Å². The fourth-order valence-corrected chi connectivity index (χ4v) is 4.18. The zero-order valence-electron chi connectivity index (χ0n) is 20.7. The molecule has 32 heavy (non-hydrogen) atoms. The van der Waals surface area contributed by atoms with Gasteiger partial charge in [-0.15, -0.1) is 0 Å². The van der Waals surface area contributed by atoms with E-state index in [2.05, 4.69) is 113 Å². The maximum Gasteiger partial charge on any atom is 0.119 e. The van der Waals surface area contributed by atoms with Gasteiger partial charge in [-0.05, 0) is 66.4 Å². The summed E-state index contributed by atoms with van der Waals surface area (Å²) >= 11 is 0. The van der Waals surface area contributed by atoms with E-state index in [1.165, 1.54) is 27.8 Å². The standard InChI is InChI=1S/C30H39NO/c1-7-22-32-28-18-16-27(17-19-28)30(4,5)26-14-12-25(13-15-26)29(2,3)24-10-8-23(9-11-24)20-21-31-6/h8-19,31H,7,20-22H2,1-6H3. The van der Waals surface area contributed by atoms with Gasteiger partial charge in [0.05, 0.1) is 6.61 Å². The minimum Gasteiger partial charge on any atom is -0.494 e. The Balaban J connectivity index is 1.78. The van der Waals surface area contributed by atoms with Gasteiger partial charge in [0.2, 0.25) is 0 Å². The van der Waals surface area contributed by atoms with Crippen LogP contribution in [0.4, 0.5) is 0 Å². The summed E-state index contributed by atoms with van der Waals surface area (Å²) in [6, 6.07) is 26.8. The predicted molar refractivity (Wildman–Crippen MR) is 137 cm³/mol. The molecule has 2 nitrogen and oxygen atoms in total. The molecular weight excluding hydrogens is 390 g/mol. The minimum absolute atomic E-state index is 0.0392. The van der Waals surface area contributed by atoms with E-state index in [-0.39, 0.29) is 10.8 Å². The first-order valence-corrected chi connectivity index (χ1v) is 11.9. The van der Waals surface area contributed by atoms with Gasteiger partial charge in [-0.1, -0.05) is 95.3 Å². The first-order chi connectivity index (χ1) is 15.3. The van der Waals surface area contributed by atoms with Gasteiger partial charge >= 0.3 is 0 Å². The fourth-order valence-electron chi connectivity index (χ4n) is 4.18. The number of hydrogen-bond acceptors (Lipinski definition) is 2. The average Bonchev–Trinajstić information content (AvgIpc) is 2.82. The van der Waals surface area contributed by atoms with Crippen molar-refractivity contribution in [3.63, 3.8) is 0 Å². The van der Waals surface area contributed by atoms with Crippen LogP contribution in [0.5, 0.6) is 5.75 Å². The highest BCUT2D eigenvalue weighted by molar-refractivity contribution is 5.44. The van der Waals surface area contributed by atoms with Crippen LogP contribution in [0.15, 0.2) is 72.8 Å². The Hall–Kier alpha value is -2.58. The molecule has 0 aliphatic rings. The zero-order valence-corrected chi connectivity index (χ0v) is 20.7. The molecular formula is C30H39NO. The third kappa shape index (κ3) is 5.42. The molecule has 0 aromatic heterocycles. The average molecular weight is 430 g/mol. The second-order valence-corrected chi connectivity index (χ2v) is 9.75. The van der Waals surface area contributed by atoms with Crippen LogP contribution in [0.1, 0.15) is 68.9 Å². The summed E-state index contributed by atoms with van der Waals surface area (Å²) in [6.45, 7) is 13.1. The van der Waals surface area contributed by atoms with Crippen molar-refractivity contribution in [3.05, 3.63) is 101 Å². The van der Waals surface area contributed by atoms with Crippen molar-refractivity contribution in [1.82, 2.24) is 5.32 Å². The predicted octanol–water partition coefficient (Wildman–Crippen LogP) is 6.89. The second kappa shape index (κ2) is 10.4. The molecule has 3 rings (SSSR count). The molecule has 0 aliphatic heterocycles. The maximum atomic E-state index is 5.75. The van der Waals surface area contributed by atoms with E-state index in [1.54, 1.807) is 0 Å². The summed E-state index contributed by atoms with van der Waals surface area (Å²) < 4.78 is 5.75. The Morgan fingerprint density at radius 2 is 1.06 bits per heavy atom. The molecule has 0 spiro atoms. The SMILES string of the molecule is CCCOc1ccc(C(C)(C)c2ccc(C(C)(C)c3ccc(CCNC)cc3)cc2)cc1. The molecule has 170 valence electrons. The molecule has 0 saturated carbocycles. The van der Waals surface area contributed by atoms with Crippen molar-refractivity contribution < 1.29 is 4.74 Å². The highest BCUT2D eigenvalue weighted by Crippen LogP contribution is 2.36. The van der Waals surface area contributed by atoms with Gasteiger partial charge in [0.25, 0.3) is 0 Å². The Morgan fingerprint density at radius 3 is 1.47 bits per heavy atom. The highest BCUT2D eigenvalue weighted by Gasteiger charge is 2.26. The van der Waals surface area contributed by atoms with Crippen LogP contribution in [0.3, 0.4) is 0 Å². The van der Waals surface area contributed by atoms with Gasteiger partial charge in [0, 0.05) is 10.8 Å². The molecule has 0 radical (unpaired) electrons. The third-order valence-corrected chi connectivity index (χ3v) is 6.72. The summed E-state index contributed by atoms with van der Waals surface area (Å²) in [4.78, 5) is 0. The summed E-state index contributed by atoms with van der Waals surface area (Å²) in [7, 11) is 2.00. The summed E-state index contributed by atoms with van der Waals surface area (Å²) in [5, 5.41) is 3.22. The Kier molecular flexibility index (Phi) is 7.79. The lowest BCUT2D eigenvalue weighted by Gasteiger charge is -2.29. The lowest BCUT2D eigenvalue weighted by Crippen LogP contribution is -2.21. The van der Waals surface area contributed by atoms with E-state index < -0.39 is 0 Å². The zero-order chi connectivity index (χ0) is 23.2. The Bertz CT molecular complexity index is 884. The minimum atomic E-state index is -0.0685. The topological polar surface area (TPSA) is 21.3 Å². The van der Waals surface area contributed by atoms with E-state index in [4.69, 9.17) is 4.74 Å². The van der Waals surface area contributed by atoms with Crippen molar-refractivity contribution in [3.8, 4) is 5.75 Å². The summed E-state index contributed by atoms with van der Waals surface area (Å²) in [5.41, 5.74) is 6.57. The van der Waals surface area contributed by atoms with Crippen LogP contribution >= 0.6 is 0 Å². The largest absolute Gasteiger partial charge is 0.494 e. The Labute approximate surface area is 195 Å².